The maximum atomic E-state index is 12.7. The van der Waals surface area contributed by atoms with Gasteiger partial charge in [0, 0.05) is 5.41 Å². The van der Waals surface area contributed by atoms with Crippen LogP contribution in [0.2, 0.25) is 0 Å². The lowest BCUT2D eigenvalue weighted by Crippen LogP contribution is -2.35. The van der Waals surface area contributed by atoms with Crippen molar-refractivity contribution in [1.29, 1.82) is 0 Å². The molecule has 0 aliphatic carbocycles. The van der Waals surface area contributed by atoms with Crippen molar-refractivity contribution >= 4 is 19.5 Å². The number of hydrogen-bond acceptors (Lipinski definition) is 7. The topological polar surface area (TPSA) is 88.1 Å². The standard InChI is InChI=1S/C16H25O7P/c1-11(2)7-21-24(19,22-8-12(3)4)9-13(17)23-14-15(18)20-10-16(14,5)6/h14H,1,3,7-10H2,2,4-6H3. The van der Waals surface area contributed by atoms with E-state index in [9.17, 15) is 14.2 Å². The average Bonchev–Trinajstić information content (AvgIpc) is 2.70. The fourth-order valence-electron chi connectivity index (χ4n) is 1.81. The predicted molar refractivity (Wildman–Crippen MR) is 88.6 cm³/mol. The Kier molecular flexibility index (Phi) is 6.96. The van der Waals surface area contributed by atoms with Gasteiger partial charge in [-0.1, -0.05) is 38.2 Å². The van der Waals surface area contributed by atoms with Gasteiger partial charge in [0.15, 0.2) is 0 Å². The highest BCUT2D eigenvalue weighted by Crippen LogP contribution is 2.49. The first-order valence-corrected chi connectivity index (χ1v) is 9.21. The van der Waals surface area contributed by atoms with Crippen molar-refractivity contribution in [3.05, 3.63) is 24.3 Å². The van der Waals surface area contributed by atoms with E-state index < -0.39 is 37.2 Å². The number of esters is 2. The Balaban J connectivity index is 2.75. The highest BCUT2D eigenvalue weighted by atomic mass is 31.2. The Morgan fingerprint density at radius 2 is 1.75 bits per heavy atom. The second kappa shape index (κ2) is 8.10. The summed E-state index contributed by atoms with van der Waals surface area (Å²) in [6.07, 6.45) is -1.64. The second-order valence-electron chi connectivity index (χ2n) is 6.70. The zero-order valence-corrected chi connectivity index (χ0v) is 15.5. The summed E-state index contributed by atoms with van der Waals surface area (Å²) in [5.74, 6) is -1.47. The molecule has 0 saturated carbocycles. The van der Waals surface area contributed by atoms with Gasteiger partial charge in [-0.3, -0.25) is 9.36 Å². The van der Waals surface area contributed by atoms with E-state index >= 15 is 0 Å². The van der Waals surface area contributed by atoms with Gasteiger partial charge in [-0.25, -0.2) is 4.79 Å². The van der Waals surface area contributed by atoms with Crippen molar-refractivity contribution in [3.8, 4) is 0 Å². The molecule has 7 nitrogen and oxygen atoms in total. The summed E-state index contributed by atoms with van der Waals surface area (Å²) in [5.41, 5.74) is 0.611. The van der Waals surface area contributed by atoms with E-state index in [1.54, 1.807) is 27.7 Å². The molecule has 1 unspecified atom stereocenters. The lowest BCUT2D eigenvalue weighted by Gasteiger charge is -2.23. The maximum Gasteiger partial charge on any atom is 0.348 e. The van der Waals surface area contributed by atoms with Crippen LogP contribution in [0.5, 0.6) is 0 Å². The molecule has 0 spiro atoms. The minimum absolute atomic E-state index is 0.0162. The van der Waals surface area contributed by atoms with E-state index in [1.807, 2.05) is 0 Å². The summed E-state index contributed by atoms with van der Waals surface area (Å²) in [6.45, 7) is 14.3. The quantitative estimate of drug-likeness (QED) is 0.355. The van der Waals surface area contributed by atoms with Crippen molar-refractivity contribution in [1.82, 2.24) is 0 Å². The van der Waals surface area contributed by atoms with E-state index in [1.165, 1.54) is 0 Å². The smallest absolute Gasteiger partial charge is 0.348 e. The van der Waals surface area contributed by atoms with Crippen molar-refractivity contribution < 1.29 is 32.7 Å². The summed E-state index contributed by atoms with van der Waals surface area (Å²) < 4.78 is 33.2. The first kappa shape index (κ1) is 20.6. The van der Waals surface area contributed by atoms with Crippen molar-refractivity contribution in [3.63, 3.8) is 0 Å². The minimum atomic E-state index is -3.75. The zero-order chi connectivity index (χ0) is 18.5. The summed E-state index contributed by atoms with van der Waals surface area (Å²) >= 11 is 0. The van der Waals surface area contributed by atoms with Crippen LogP contribution in [0.25, 0.3) is 0 Å². The largest absolute Gasteiger partial charge is 0.462 e. The molecule has 1 atom stereocenters. The molecule has 0 amide bonds. The lowest BCUT2D eigenvalue weighted by molar-refractivity contribution is -0.161. The molecule has 0 N–H and O–H groups in total. The fourth-order valence-corrected chi connectivity index (χ4v) is 3.29. The van der Waals surface area contributed by atoms with Crippen LogP contribution in [0.1, 0.15) is 27.7 Å². The minimum Gasteiger partial charge on any atom is -0.462 e. The molecular formula is C16H25O7P. The monoisotopic (exact) mass is 360 g/mol. The molecule has 0 bridgehead atoms. The maximum absolute atomic E-state index is 12.7. The second-order valence-corrected chi connectivity index (χ2v) is 8.75. The third-order valence-electron chi connectivity index (χ3n) is 3.10. The van der Waals surface area contributed by atoms with E-state index in [4.69, 9.17) is 18.5 Å². The van der Waals surface area contributed by atoms with Gasteiger partial charge < -0.3 is 18.5 Å². The van der Waals surface area contributed by atoms with Gasteiger partial charge in [0.1, 0.15) is 12.8 Å². The number of hydrogen-bond donors (Lipinski definition) is 0. The Hall–Kier alpha value is -1.43. The van der Waals surface area contributed by atoms with Gasteiger partial charge in [0.05, 0.1) is 13.2 Å². The molecule has 1 rings (SSSR count). The molecule has 0 aromatic rings. The highest BCUT2D eigenvalue weighted by Gasteiger charge is 2.47. The van der Waals surface area contributed by atoms with Gasteiger partial charge in [-0.15, -0.1) is 0 Å². The van der Waals surface area contributed by atoms with Gasteiger partial charge in [0.2, 0.25) is 6.10 Å². The van der Waals surface area contributed by atoms with E-state index in [0.29, 0.717) is 11.1 Å². The van der Waals surface area contributed by atoms with Crippen molar-refractivity contribution in [2.45, 2.75) is 33.8 Å². The van der Waals surface area contributed by atoms with Crippen LogP contribution in [0.4, 0.5) is 0 Å². The van der Waals surface area contributed by atoms with Crippen molar-refractivity contribution in [2.75, 3.05) is 26.0 Å². The lowest BCUT2D eigenvalue weighted by atomic mass is 9.90. The molecule has 1 aliphatic heterocycles. The Morgan fingerprint density at radius 1 is 1.25 bits per heavy atom. The van der Waals surface area contributed by atoms with Crippen LogP contribution in [-0.2, 0) is 32.7 Å². The van der Waals surface area contributed by atoms with Gasteiger partial charge in [-0.2, -0.15) is 0 Å². The third kappa shape index (κ3) is 6.23. The predicted octanol–water partition coefficient (Wildman–Crippen LogP) is 2.86. The third-order valence-corrected chi connectivity index (χ3v) is 4.79. The van der Waals surface area contributed by atoms with Crippen LogP contribution in [0, 0.1) is 5.41 Å². The van der Waals surface area contributed by atoms with Crippen LogP contribution >= 0.6 is 7.60 Å². The molecular weight excluding hydrogens is 335 g/mol. The van der Waals surface area contributed by atoms with Gasteiger partial charge in [-0.05, 0) is 13.8 Å². The van der Waals surface area contributed by atoms with Crippen LogP contribution in [-0.4, -0.2) is 44.0 Å². The van der Waals surface area contributed by atoms with Gasteiger partial charge >= 0.3 is 19.5 Å². The summed E-state index contributed by atoms with van der Waals surface area (Å²) in [5, 5.41) is 0. The number of cyclic esters (lactones) is 1. The normalized spacial score (nSPS) is 19.7. The first-order chi connectivity index (χ1) is 10.9. The summed E-state index contributed by atoms with van der Waals surface area (Å²) in [4.78, 5) is 23.8. The molecule has 136 valence electrons. The van der Waals surface area contributed by atoms with Gasteiger partial charge in [0.25, 0.3) is 0 Å². The molecule has 8 heteroatoms. The van der Waals surface area contributed by atoms with E-state index in [2.05, 4.69) is 13.2 Å². The molecule has 1 aliphatic rings. The molecule has 1 fully saturated rings. The molecule has 0 radical (unpaired) electrons. The van der Waals surface area contributed by atoms with E-state index in [-0.39, 0.29) is 19.8 Å². The van der Waals surface area contributed by atoms with Crippen LogP contribution in [0.15, 0.2) is 24.3 Å². The summed E-state index contributed by atoms with van der Waals surface area (Å²) in [7, 11) is -3.75. The summed E-state index contributed by atoms with van der Waals surface area (Å²) in [6, 6.07) is 0. The molecule has 0 aromatic carbocycles. The number of carbonyl (C=O) groups excluding carboxylic acids is 2. The number of ether oxygens (including phenoxy) is 2. The van der Waals surface area contributed by atoms with Crippen LogP contribution < -0.4 is 0 Å². The van der Waals surface area contributed by atoms with Crippen LogP contribution in [0.3, 0.4) is 0 Å². The Labute approximate surface area is 142 Å². The Morgan fingerprint density at radius 3 is 2.12 bits per heavy atom. The zero-order valence-electron chi connectivity index (χ0n) is 14.6. The van der Waals surface area contributed by atoms with Crippen molar-refractivity contribution in [2.24, 2.45) is 5.41 Å². The number of carbonyl (C=O) groups is 2. The number of rotatable bonds is 9. The average molecular weight is 360 g/mol. The highest BCUT2D eigenvalue weighted by molar-refractivity contribution is 7.54. The SMILES string of the molecule is C=C(C)COP(=O)(CC(=O)OC1C(=O)OCC1(C)C)OCC(=C)C. The molecule has 24 heavy (non-hydrogen) atoms. The fraction of sp³-hybridized carbons (Fsp3) is 0.625. The molecule has 1 saturated heterocycles. The molecule has 1 heterocycles. The molecule has 0 aromatic heterocycles. The Bertz CT molecular complexity index is 557. The van der Waals surface area contributed by atoms with E-state index in [0.717, 1.165) is 0 Å². The first-order valence-electron chi connectivity index (χ1n) is 7.48.